The molecule has 0 radical (unpaired) electrons. The SMILES string of the molecule is CCC1=C(C)c2c(N)nc(Sc3nc4ccccc4s3)nc2C1. The number of aromatic nitrogens is 3. The summed E-state index contributed by atoms with van der Waals surface area (Å²) in [4.78, 5) is 13.8. The summed E-state index contributed by atoms with van der Waals surface area (Å²) in [6, 6.07) is 8.13. The number of rotatable bonds is 3. The van der Waals surface area contributed by atoms with E-state index in [0.717, 1.165) is 34.0 Å². The zero-order valence-electron chi connectivity index (χ0n) is 13.0. The topological polar surface area (TPSA) is 64.7 Å². The smallest absolute Gasteiger partial charge is 0.196 e. The van der Waals surface area contributed by atoms with Crippen molar-refractivity contribution in [3.8, 4) is 0 Å². The van der Waals surface area contributed by atoms with Gasteiger partial charge in [0.25, 0.3) is 0 Å². The van der Waals surface area contributed by atoms with Crippen molar-refractivity contribution in [1.29, 1.82) is 0 Å². The molecule has 0 spiro atoms. The van der Waals surface area contributed by atoms with E-state index >= 15 is 0 Å². The van der Waals surface area contributed by atoms with Crippen LogP contribution in [0.25, 0.3) is 15.8 Å². The van der Waals surface area contributed by atoms with E-state index in [1.165, 1.54) is 27.6 Å². The van der Waals surface area contributed by atoms with Crippen LogP contribution in [0.3, 0.4) is 0 Å². The molecule has 1 aliphatic rings. The van der Waals surface area contributed by atoms with Gasteiger partial charge in [-0.25, -0.2) is 15.0 Å². The average molecular weight is 340 g/mol. The summed E-state index contributed by atoms with van der Waals surface area (Å²) >= 11 is 3.15. The molecule has 23 heavy (non-hydrogen) atoms. The molecule has 0 saturated carbocycles. The van der Waals surface area contributed by atoms with Gasteiger partial charge in [0.1, 0.15) is 5.82 Å². The second-order valence-corrected chi connectivity index (χ2v) is 7.77. The standard InChI is InChI=1S/C17H16N4S2/c1-3-10-8-12-14(9(10)2)15(18)21-16(19-12)23-17-20-11-6-4-5-7-13(11)22-17/h4-7H,3,8H2,1-2H3,(H2,18,19,21). The van der Waals surface area contributed by atoms with Crippen molar-refractivity contribution in [2.45, 2.75) is 36.2 Å². The lowest BCUT2D eigenvalue weighted by atomic mass is 10.1. The molecule has 0 atom stereocenters. The van der Waals surface area contributed by atoms with Crippen LogP contribution in [0.1, 0.15) is 31.5 Å². The van der Waals surface area contributed by atoms with E-state index < -0.39 is 0 Å². The van der Waals surface area contributed by atoms with Crippen molar-refractivity contribution >= 4 is 44.7 Å². The molecule has 0 saturated heterocycles. The second-order valence-electron chi connectivity index (χ2n) is 5.52. The van der Waals surface area contributed by atoms with Gasteiger partial charge in [-0.2, -0.15) is 0 Å². The lowest BCUT2D eigenvalue weighted by Crippen LogP contribution is -2.02. The predicted octanol–water partition coefficient (Wildman–Crippen LogP) is 4.56. The summed E-state index contributed by atoms with van der Waals surface area (Å²) < 4.78 is 2.12. The number of nitrogens with zero attached hydrogens (tertiary/aromatic N) is 3. The summed E-state index contributed by atoms with van der Waals surface area (Å²) in [5, 5.41) is 0.686. The molecular weight excluding hydrogens is 324 g/mol. The number of nitrogen functional groups attached to an aromatic ring is 1. The van der Waals surface area contributed by atoms with Crippen LogP contribution in [0.15, 0.2) is 39.3 Å². The first-order chi connectivity index (χ1) is 11.2. The van der Waals surface area contributed by atoms with E-state index in [4.69, 9.17) is 10.7 Å². The van der Waals surface area contributed by atoms with Crippen molar-refractivity contribution < 1.29 is 0 Å². The summed E-state index contributed by atoms with van der Waals surface area (Å²) in [5.41, 5.74) is 11.9. The second kappa shape index (κ2) is 5.62. The molecule has 0 aliphatic heterocycles. The van der Waals surface area contributed by atoms with Crippen LogP contribution in [0.5, 0.6) is 0 Å². The van der Waals surface area contributed by atoms with Crippen LogP contribution in [0, 0.1) is 0 Å². The lowest BCUT2D eigenvalue weighted by Gasteiger charge is -2.06. The van der Waals surface area contributed by atoms with Crippen LogP contribution >= 0.6 is 23.1 Å². The minimum absolute atomic E-state index is 0.583. The molecular formula is C17H16N4S2. The van der Waals surface area contributed by atoms with E-state index in [1.807, 2.05) is 18.2 Å². The van der Waals surface area contributed by atoms with Gasteiger partial charge in [-0.05, 0) is 42.8 Å². The highest BCUT2D eigenvalue weighted by Crippen LogP contribution is 2.39. The average Bonchev–Trinajstić information content (AvgIpc) is 3.07. The monoisotopic (exact) mass is 340 g/mol. The molecule has 0 unspecified atom stereocenters. The molecule has 4 nitrogen and oxygen atoms in total. The highest BCUT2D eigenvalue weighted by atomic mass is 32.2. The highest BCUT2D eigenvalue weighted by molar-refractivity contribution is 8.01. The fourth-order valence-electron chi connectivity index (χ4n) is 2.96. The fourth-order valence-corrected chi connectivity index (χ4v) is 4.92. The molecule has 6 heteroatoms. The van der Waals surface area contributed by atoms with E-state index in [9.17, 15) is 0 Å². The van der Waals surface area contributed by atoms with Gasteiger partial charge in [-0.15, -0.1) is 11.3 Å². The molecule has 2 heterocycles. The van der Waals surface area contributed by atoms with Gasteiger partial charge in [0.2, 0.25) is 0 Å². The Morgan fingerprint density at radius 2 is 2.04 bits per heavy atom. The molecule has 0 bridgehead atoms. The van der Waals surface area contributed by atoms with E-state index in [-0.39, 0.29) is 0 Å². The van der Waals surface area contributed by atoms with Gasteiger partial charge in [0.05, 0.1) is 15.9 Å². The van der Waals surface area contributed by atoms with Gasteiger partial charge >= 0.3 is 0 Å². The first-order valence-corrected chi connectivity index (χ1v) is 9.17. The summed E-state index contributed by atoms with van der Waals surface area (Å²) in [6.07, 6.45) is 1.92. The highest BCUT2D eigenvalue weighted by Gasteiger charge is 2.23. The minimum atomic E-state index is 0.583. The van der Waals surface area contributed by atoms with Crippen LogP contribution < -0.4 is 5.73 Å². The van der Waals surface area contributed by atoms with E-state index in [1.54, 1.807) is 11.3 Å². The van der Waals surface area contributed by atoms with Gasteiger partial charge in [-0.3, -0.25) is 0 Å². The molecule has 2 N–H and O–H groups in total. The number of thiazole rings is 1. The minimum Gasteiger partial charge on any atom is -0.383 e. The van der Waals surface area contributed by atoms with E-state index in [2.05, 4.69) is 29.9 Å². The first kappa shape index (κ1) is 14.7. The third-order valence-corrected chi connectivity index (χ3v) is 6.12. The Balaban J connectivity index is 1.68. The van der Waals surface area contributed by atoms with Crippen LogP contribution in [0.4, 0.5) is 5.82 Å². The number of fused-ring (bicyclic) bond motifs is 2. The first-order valence-electron chi connectivity index (χ1n) is 7.54. The molecule has 1 aliphatic carbocycles. The third kappa shape index (κ3) is 2.52. The molecule has 116 valence electrons. The lowest BCUT2D eigenvalue weighted by molar-refractivity contribution is 0.900. The van der Waals surface area contributed by atoms with Crippen molar-refractivity contribution in [3.05, 3.63) is 41.1 Å². The Bertz CT molecular complexity index is 910. The Kier molecular flexibility index (Phi) is 3.58. The maximum atomic E-state index is 6.19. The van der Waals surface area contributed by atoms with Gasteiger partial charge in [0.15, 0.2) is 9.50 Å². The van der Waals surface area contributed by atoms with Crippen molar-refractivity contribution in [1.82, 2.24) is 15.0 Å². The third-order valence-electron chi connectivity index (χ3n) is 4.16. The van der Waals surface area contributed by atoms with Crippen LogP contribution in [-0.4, -0.2) is 15.0 Å². The van der Waals surface area contributed by atoms with E-state index in [0.29, 0.717) is 11.0 Å². The normalized spacial score (nSPS) is 13.8. The van der Waals surface area contributed by atoms with Gasteiger partial charge in [0, 0.05) is 12.0 Å². The number of para-hydroxylation sites is 1. The summed E-state index contributed by atoms with van der Waals surface area (Å²) in [7, 11) is 0. The molecule has 2 aromatic heterocycles. The zero-order valence-corrected chi connectivity index (χ0v) is 14.6. The Morgan fingerprint density at radius 3 is 2.83 bits per heavy atom. The Hall–Kier alpha value is -1.92. The van der Waals surface area contributed by atoms with Gasteiger partial charge < -0.3 is 5.73 Å². The molecule has 1 aromatic carbocycles. The maximum Gasteiger partial charge on any atom is 0.196 e. The number of hydrogen-bond donors (Lipinski definition) is 1. The fraction of sp³-hybridized carbons (Fsp3) is 0.235. The quantitative estimate of drug-likeness (QED) is 0.708. The largest absolute Gasteiger partial charge is 0.383 e. The molecule has 3 aromatic rings. The maximum absolute atomic E-state index is 6.19. The van der Waals surface area contributed by atoms with Crippen molar-refractivity contribution in [2.75, 3.05) is 5.73 Å². The van der Waals surface area contributed by atoms with Gasteiger partial charge in [-0.1, -0.05) is 24.6 Å². The molecule has 4 rings (SSSR count). The summed E-state index contributed by atoms with van der Waals surface area (Å²) in [5.74, 6) is 0.583. The predicted molar refractivity (Wildman–Crippen MR) is 96.8 cm³/mol. The number of benzene rings is 1. The van der Waals surface area contributed by atoms with Crippen LogP contribution in [-0.2, 0) is 6.42 Å². The van der Waals surface area contributed by atoms with Crippen molar-refractivity contribution in [2.24, 2.45) is 0 Å². The number of anilines is 1. The Labute approximate surface area is 142 Å². The summed E-state index contributed by atoms with van der Waals surface area (Å²) in [6.45, 7) is 4.29. The molecule has 0 amide bonds. The van der Waals surface area contributed by atoms with Crippen molar-refractivity contribution in [3.63, 3.8) is 0 Å². The number of allylic oxidation sites excluding steroid dienone is 2. The zero-order chi connectivity index (χ0) is 16.0. The van der Waals surface area contributed by atoms with Crippen LogP contribution in [0.2, 0.25) is 0 Å². The number of nitrogens with two attached hydrogens (primary N) is 1. The molecule has 0 fully saturated rings. The number of hydrogen-bond acceptors (Lipinski definition) is 6. The Morgan fingerprint density at radius 1 is 1.22 bits per heavy atom.